The second kappa shape index (κ2) is 10.5. The fourth-order valence-electron chi connectivity index (χ4n) is 5.08. The van der Waals surface area contributed by atoms with Gasteiger partial charge in [0.05, 0.1) is 0 Å². The summed E-state index contributed by atoms with van der Waals surface area (Å²) in [5.74, 6) is -2.35. The van der Waals surface area contributed by atoms with E-state index < -0.39 is 23.5 Å². The molecule has 2 N–H and O–H groups in total. The quantitative estimate of drug-likeness (QED) is 0.340. The van der Waals surface area contributed by atoms with E-state index in [1.54, 1.807) is 0 Å². The summed E-state index contributed by atoms with van der Waals surface area (Å²) in [6.07, 6.45) is 4.80. The lowest BCUT2D eigenvalue weighted by molar-refractivity contribution is -0.159. The Balaban J connectivity index is 2.06. The number of carbonyl (C=O) groups is 2. The van der Waals surface area contributed by atoms with Gasteiger partial charge in [-0.2, -0.15) is 0 Å². The zero-order valence-corrected chi connectivity index (χ0v) is 19.4. The molecule has 6 nitrogen and oxygen atoms in total. The van der Waals surface area contributed by atoms with E-state index in [4.69, 9.17) is 9.47 Å². The molecule has 2 rings (SSSR count). The van der Waals surface area contributed by atoms with Crippen LogP contribution in [0.25, 0.3) is 0 Å². The highest BCUT2D eigenvalue weighted by atomic mass is 16.6. The van der Waals surface area contributed by atoms with E-state index in [0.717, 1.165) is 25.7 Å². The van der Waals surface area contributed by atoms with Crippen LogP contribution in [0.1, 0.15) is 80.1 Å². The molecule has 6 heteroatoms. The molecular weight excluding hydrogens is 384 g/mol. The van der Waals surface area contributed by atoms with Crippen molar-refractivity contribution in [2.45, 2.75) is 92.3 Å². The highest BCUT2D eigenvalue weighted by molar-refractivity contribution is 5.97. The lowest BCUT2D eigenvalue weighted by Crippen LogP contribution is -2.37. The first-order valence-electron chi connectivity index (χ1n) is 11.5. The molecule has 0 bridgehead atoms. The summed E-state index contributed by atoms with van der Waals surface area (Å²) in [7, 11) is 0. The van der Waals surface area contributed by atoms with Gasteiger partial charge in [0, 0.05) is 0 Å². The van der Waals surface area contributed by atoms with E-state index in [1.165, 1.54) is 0 Å². The molecule has 30 heavy (non-hydrogen) atoms. The maximum Gasteiger partial charge on any atom is 0.377 e. The van der Waals surface area contributed by atoms with Crippen LogP contribution in [0.4, 0.5) is 0 Å². The Morgan fingerprint density at radius 1 is 0.700 bits per heavy atom. The third-order valence-electron chi connectivity index (χ3n) is 7.05. The fraction of sp³-hybridized carbons (Fsp3) is 0.833. The molecule has 0 radical (unpaired) electrons. The molecule has 2 unspecified atom stereocenters. The molecule has 2 fully saturated rings. The Morgan fingerprint density at radius 3 is 1.33 bits per heavy atom. The third kappa shape index (κ3) is 6.14. The number of hydrogen-bond donors (Lipinski definition) is 2. The highest BCUT2D eigenvalue weighted by Gasteiger charge is 2.37. The smallest absolute Gasteiger partial charge is 0.377 e. The van der Waals surface area contributed by atoms with Gasteiger partial charge in [0.25, 0.3) is 11.5 Å². The summed E-state index contributed by atoms with van der Waals surface area (Å²) in [6.45, 7) is 12.6. The van der Waals surface area contributed by atoms with Crippen molar-refractivity contribution < 1.29 is 29.3 Å². The zero-order chi connectivity index (χ0) is 22.6. The van der Waals surface area contributed by atoms with E-state index in [2.05, 4.69) is 41.5 Å². The lowest BCUT2D eigenvalue weighted by atomic mass is 9.75. The van der Waals surface area contributed by atoms with Crippen molar-refractivity contribution in [1.29, 1.82) is 0 Å². The van der Waals surface area contributed by atoms with Gasteiger partial charge in [-0.3, -0.25) is 0 Å². The van der Waals surface area contributed by atoms with E-state index in [9.17, 15) is 19.8 Å². The summed E-state index contributed by atoms with van der Waals surface area (Å²) < 4.78 is 11.0. The van der Waals surface area contributed by atoms with Crippen LogP contribution < -0.4 is 0 Å². The van der Waals surface area contributed by atoms with E-state index in [1.807, 2.05) is 0 Å². The first kappa shape index (κ1) is 24.5. The Morgan fingerprint density at radius 2 is 1.03 bits per heavy atom. The summed E-state index contributed by atoms with van der Waals surface area (Å²) in [5.41, 5.74) is 0. The molecule has 172 valence electrons. The van der Waals surface area contributed by atoms with Crippen LogP contribution >= 0.6 is 0 Å². The molecule has 0 heterocycles. The van der Waals surface area contributed by atoms with E-state index >= 15 is 0 Å². The maximum atomic E-state index is 12.5. The van der Waals surface area contributed by atoms with Crippen molar-refractivity contribution in [1.82, 2.24) is 0 Å². The predicted octanol–water partition coefficient (Wildman–Crippen LogP) is 5.32. The SMILES string of the molecule is CC1CC[C@H](C(C)C)[C@@H](OC(=O)/C(O)=C(\O)C(=O)OC2C[C@@H](C)CC[C@@H]2C(C)C)C1. The van der Waals surface area contributed by atoms with Gasteiger partial charge in [-0.1, -0.05) is 54.4 Å². The van der Waals surface area contributed by atoms with Crippen molar-refractivity contribution >= 4 is 11.9 Å². The maximum absolute atomic E-state index is 12.5. The Kier molecular flexibility index (Phi) is 8.62. The van der Waals surface area contributed by atoms with Gasteiger partial charge in [0.1, 0.15) is 12.2 Å². The predicted molar refractivity (Wildman–Crippen MR) is 115 cm³/mol. The van der Waals surface area contributed by atoms with Crippen LogP contribution in [0, 0.1) is 35.5 Å². The minimum absolute atomic E-state index is 0.197. The van der Waals surface area contributed by atoms with Gasteiger partial charge in [0.15, 0.2) is 0 Å². The average Bonchev–Trinajstić information content (AvgIpc) is 2.66. The molecule has 2 saturated carbocycles. The largest absolute Gasteiger partial charge is 0.499 e. The van der Waals surface area contributed by atoms with Crippen LogP contribution in [0.15, 0.2) is 11.5 Å². The molecule has 2 aliphatic carbocycles. The average molecular weight is 425 g/mol. The second-order valence-corrected chi connectivity index (χ2v) is 10.2. The van der Waals surface area contributed by atoms with Gasteiger partial charge in [-0.25, -0.2) is 9.59 Å². The van der Waals surface area contributed by atoms with E-state index in [0.29, 0.717) is 36.5 Å². The molecule has 0 saturated heterocycles. The fourth-order valence-corrected chi connectivity index (χ4v) is 5.08. The second-order valence-electron chi connectivity index (χ2n) is 10.2. The Labute approximate surface area is 181 Å². The van der Waals surface area contributed by atoms with Gasteiger partial charge in [0.2, 0.25) is 0 Å². The number of esters is 2. The Hall–Kier alpha value is -1.72. The minimum Gasteiger partial charge on any atom is -0.499 e. The summed E-state index contributed by atoms with van der Waals surface area (Å²) in [6, 6.07) is 0. The molecule has 0 aliphatic heterocycles. The number of hydrogen-bond acceptors (Lipinski definition) is 6. The van der Waals surface area contributed by atoms with Crippen LogP contribution in [-0.2, 0) is 19.1 Å². The number of aliphatic hydroxyl groups is 2. The molecule has 2 aliphatic rings. The topological polar surface area (TPSA) is 93.1 Å². The number of ether oxygens (including phenoxy) is 2. The van der Waals surface area contributed by atoms with Crippen LogP contribution in [0.2, 0.25) is 0 Å². The first-order chi connectivity index (χ1) is 14.0. The normalized spacial score (nSPS) is 33.2. The zero-order valence-electron chi connectivity index (χ0n) is 19.4. The van der Waals surface area contributed by atoms with Crippen molar-refractivity contribution in [3.63, 3.8) is 0 Å². The molecule has 0 spiro atoms. The molecule has 6 atom stereocenters. The first-order valence-corrected chi connectivity index (χ1v) is 11.5. The molecule has 0 aromatic rings. The van der Waals surface area contributed by atoms with Gasteiger partial charge >= 0.3 is 11.9 Å². The number of rotatable bonds is 6. The number of aliphatic hydroxyl groups excluding tert-OH is 2. The molecule has 0 aromatic heterocycles. The monoisotopic (exact) mass is 424 g/mol. The van der Waals surface area contributed by atoms with Crippen molar-refractivity contribution in [2.75, 3.05) is 0 Å². The summed E-state index contributed by atoms with van der Waals surface area (Å²) >= 11 is 0. The highest BCUT2D eigenvalue weighted by Crippen LogP contribution is 2.37. The summed E-state index contributed by atoms with van der Waals surface area (Å²) in [5, 5.41) is 20.4. The van der Waals surface area contributed by atoms with Crippen LogP contribution in [0.3, 0.4) is 0 Å². The van der Waals surface area contributed by atoms with Crippen molar-refractivity contribution in [3.05, 3.63) is 11.5 Å². The van der Waals surface area contributed by atoms with Crippen LogP contribution in [0.5, 0.6) is 0 Å². The van der Waals surface area contributed by atoms with Gasteiger partial charge in [-0.05, 0) is 61.2 Å². The van der Waals surface area contributed by atoms with Gasteiger partial charge < -0.3 is 19.7 Å². The molecule has 0 aromatic carbocycles. The van der Waals surface area contributed by atoms with Gasteiger partial charge in [-0.15, -0.1) is 0 Å². The Bertz CT molecular complexity index is 584. The third-order valence-corrected chi connectivity index (χ3v) is 7.05. The van der Waals surface area contributed by atoms with Crippen LogP contribution in [-0.4, -0.2) is 34.4 Å². The molecule has 0 amide bonds. The minimum atomic E-state index is -1.06. The van der Waals surface area contributed by atoms with Crippen molar-refractivity contribution in [3.8, 4) is 0 Å². The van der Waals surface area contributed by atoms with E-state index in [-0.39, 0.29) is 24.0 Å². The lowest BCUT2D eigenvalue weighted by Gasteiger charge is -2.37. The molecular formula is C24H40O6. The number of carbonyl (C=O) groups excluding carboxylic acids is 2. The summed E-state index contributed by atoms with van der Waals surface area (Å²) in [4.78, 5) is 24.9. The standard InChI is InChI=1S/C24H40O6/c1-13(2)17-9-7-15(5)11-19(17)29-23(27)21(25)22(26)24(28)30-20-12-16(6)8-10-18(20)14(3)4/h13-20,25-26H,7-12H2,1-6H3/b22-21+/t15-,16?,17+,18+,19?,20-/m0/s1. The van der Waals surface area contributed by atoms with Crippen molar-refractivity contribution in [2.24, 2.45) is 35.5 Å².